The second kappa shape index (κ2) is 4.41. The molecule has 0 radical (unpaired) electrons. The van der Waals surface area contributed by atoms with Crippen LogP contribution >= 0.6 is 23.2 Å². The van der Waals surface area contributed by atoms with Crippen LogP contribution in [0.2, 0.25) is 10.0 Å². The van der Waals surface area contributed by atoms with E-state index < -0.39 is 11.7 Å². The van der Waals surface area contributed by atoms with Crippen molar-refractivity contribution in [3.8, 4) is 0 Å². The SMILES string of the molecule is O=CCc1c(Cl)cc(C(F)(F)F)cc1Cl. The van der Waals surface area contributed by atoms with Crippen LogP contribution < -0.4 is 0 Å². The molecule has 15 heavy (non-hydrogen) atoms. The van der Waals surface area contributed by atoms with Crippen LogP contribution in [0, 0.1) is 0 Å². The van der Waals surface area contributed by atoms with E-state index in [4.69, 9.17) is 23.2 Å². The molecule has 0 aliphatic heterocycles. The van der Waals surface area contributed by atoms with Crippen molar-refractivity contribution >= 4 is 29.5 Å². The van der Waals surface area contributed by atoms with Crippen LogP contribution in [0.1, 0.15) is 11.1 Å². The number of rotatable bonds is 2. The van der Waals surface area contributed by atoms with E-state index >= 15 is 0 Å². The summed E-state index contributed by atoms with van der Waals surface area (Å²) in [5, 5.41) is -0.302. The first-order valence-corrected chi connectivity index (χ1v) is 4.60. The smallest absolute Gasteiger partial charge is 0.303 e. The monoisotopic (exact) mass is 256 g/mol. The van der Waals surface area contributed by atoms with Gasteiger partial charge in [-0.05, 0) is 17.7 Å². The first-order chi connectivity index (χ1) is 6.86. The van der Waals surface area contributed by atoms with Gasteiger partial charge in [0.15, 0.2) is 0 Å². The van der Waals surface area contributed by atoms with Crippen LogP contribution in [0.3, 0.4) is 0 Å². The molecule has 0 amide bonds. The summed E-state index contributed by atoms with van der Waals surface area (Å²) in [5.41, 5.74) is -0.714. The molecule has 0 bridgehead atoms. The normalized spacial score (nSPS) is 11.5. The Morgan fingerprint density at radius 3 is 2.00 bits per heavy atom. The fourth-order valence-electron chi connectivity index (χ4n) is 1.05. The van der Waals surface area contributed by atoms with Crippen LogP contribution in [0.15, 0.2) is 12.1 Å². The highest BCUT2D eigenvalue weighted by Gasteiger charge is 2.31. The number of benzene rings is 1. The van der Waals surface area contributed by atoms with E-state index in [1.165, 1.54) is 0 Å². The van der Waals surface area contributed by atoms with Crippen molar-refractivity contribution in [3.63, 3.8) is 0 Å². The number of hydrogen-bond donors (Lipinski definition) is 0. The molecule has 1 aromatic rings. The zero-order valence-electron chi connectivity index (χ0n) is 7.24. The molecular weight excluding hydrogens is 252 g/mol. The Morgan fingerprint density at radius 2 is 1.67 bits per heavy atom. The highest BCUT2D eigenvalue weighted by atomic mass is 35.5. The van der Waals surface area contributed by atoms with Gasteiger partial charge in [0.2, 0.25) is 0 Å². The summed E-state index contributed by atoms with van der Waals surface area (Å²) in [7, 11) is 0. The van der Waals surface area contributed by atoms with Gasteiger partial charge < -0.3 is 4.79 Å². The predicted molar refractivity (Wildman–Crippen MR) is 51.2 cm³/mol. The molecule has 0 saturated carbocycles. The maximum Gasteiger partial charge on any atom is 0.416 e. The molecule has 0 aliphatic carbocycles. The number of carbonyl (C=O) groups is 1. The zero-order valence-corrected chi connectivity index (χ0v) is 8.75. The van der Waals surface area contributed by atoms with Gasteiger partial charge in [0.05, 0.1) is 5.56 Å². The number of halogens is 5. The fraction of sp³-hybridized carbons (Fsp3) is 0.222. The topological polar surface area (TPSA) is 17.1 Å². The largest absolute Gasteiger partial charge is 0.416 e. The third-order valence-corrected chi connectivity index (χ3v) is 2.43. The number of carbonyl (C=O) groups excluding carboxylic acids is 1. The van der Waals surface area contributed by atoms with Crippen molar-refractivity contribution in [2.75, 3.05) is 0 Å². The standard InChI is InChI=1S/C9H5Cl2F3O/c10-7-3-5(9(12,13)14)4-8(11)6(7)1-2-15/h2-4H,1H2. The Morgan fingerprint density at radius 1 is 1.20 bits per heavy atom. The number of aldehydes is 1. The summed E-state index contributed by atoms with van der Waals surface area (Å²) in [5.74, 6) is 0. The molecule has 0 aliphatic rings. The molecule has 82 valence electrons. The first kappa shape index (κ1) is 12.3. The summed E-state index contributed by atoms with van der Waals surface area (Å²) in [6.45, 7) is 0. The van der Waals surface area contributed by atoms with E-state index in [1.54, 1.807) is 0 Å². The summed E-state index contributed by atoms with van der Waals surface area (Å²) in [6, 6.07) is 1.51. The average molecular weight is 257 g/mol. The predicted octanol–water partition coefficient (Wildman–Crippen LogP) is 3.75. The van der Waals surface area contributed by atoms with Crippen LogP contribution in [0.25, 0.3) is 0 Å². The molecular formula is C9H5Cl2F3O. The third kappa shape index (κ3) is 2.86. The van der Waals surface area contributed by atoms with Gasteiger partial charge in [0, 0.05) is 16.5 Å². The second-order valence-electron chi connectivity index (χ2n) is 2.79. The lowest BCUT2D eigenvalue weighted by molar-refractivity contribution is -0.137. The van der Waals surface area contributed by atoms with Crippen LogP contribution in [-0.2, 0) is 17.4 Å². The van der Waals surface area contributed by atoms with Crippen LogP contribution in [-0.4, -0.2) is 6.29 Å². The quantitative estimate of drug-likeness (QED) is 0.737. The zero-order chi connectivity index (χ0) is 11.6. The van der Waals surface area contributed by atoms with Gasteiger partial charge >= 0.3 is 6.18 Å². The van der Waals surface area contributed by atoms with Gasteiger partial charge in [-0.15, -0.1) is 0 Å². The van der Waals surface area contributed by atoms with Crippen LogP contribution in [0.4, 0.5) is 13.2 Å². The van der Waals surface area contributed by atoms with Gasteiger partial charge in [-0.1, -0.05) is 23.2 Å². The fourth-order valence-corrected chi connectivity index (χ4v) is 1.69. The van der Waals surface area contributed by atoms with Crippen LogP contribution in [0.5, 0.6) is 0 Å². The third-order valence-electron chi connectivity index (χ3n) is 1.76. The summed E-state index contributed by atoms with van der Waals surface area (Å²) in [4.78, 5) is 10.2. The highest BCUT2D eigenvalue weighted by Crippen LogP contribution is 2.35. The van der Waals surface area contributed by atoms with E-state index in [-0.39, 0.29) is 22.0 Å². The molecule has 0 N–H and O–H groups in total. The lowest BCUT2D eigenvalue weighted by Crippen LogP contribution is -2.05. The van der Waals surface area contributed by atoms with Crippen molar-refractivity contribution in [1.82, 2.24) is 0 Å². The Hall–Kier alpha value is -0.740. The van der Waals surface area contributed by atoms with E-state index in [0.717, 1.165) is 12.1 Å². The van der Waals surface area contributed by atoms with Gasteiger partial charge in [-0.2, -0.15) is 13.2 Å². The summed E-state index contributed by atoms with van der Waals surface area (Å²) in [6.07, 6.45) is -4.07. The summed E-state index contributed by atoms with van der Waals surface area (Å²) < 4.78 is 36.8. The molecule has 1 nitrogen and oxygen atoms in total. The molecule has 0 aromatic heterocycles. The molecule has 0 heterocycles. The molecule has 1 rings (SSSR count). The summed E-state index contributed by atoms with van der Waals surface area (Å²) >= 11 is 11.2. The van der Waals surface area contributed by atoms with Gasteiger partial charge in [-0.3, -0.25) is 0 Å². The molecule has 0 saturated heterocycles. The lowest BCUT2D eigenvalue weighted by atomic mass is 10.1. The molecule has 0 spiro atoms. The molecule has 0 unspecified atom stereocenters. The van der Waals surface area contributed by atoms with E-state index in [9.17, 15) is 18.0 Å². The van der Waals surface area contributed by atoms with Crippen molar-refractivity contribution in [1.29, 1.82) is 0 Å². The minimum absolute atomic E-state index is 0.101. The van der Waals surface area contributed by atoms with Gasteiger partial charge in [0.25, 0.3) is 0 Å². The van der Waals surface area contributed by atoms with E-state index in [1.807, 2.05) is 0 Å². The van der Waals surface area contributed by atoms with Crippen molar-refractivity contribution in [3.05, 3.63) is 33.3 Å². The molecule has 6 heteroatoms. The minimum Gasteiger partial charge on any atom is -0.303 e. The Kier molecular flexibility index (Phi) is 3.62. The van der Waals surface area contributed by atoms with E-state index in [0.29, 0.717) is 6.29 Å². The first-order valence-electron chi connectivity index (χ1n) is 3.85. The lowest BCUT2D eigenvalue weighted by Gasteiger charge is -2.10. The average Bonchev–Trinajstić information content (AvgIpc) is 2.09. The minimum atomic E-state index is -4.49. The Bertz CT molecular complexity index is 364. The Labute approximate surface area is 93.8 Å². The Balaban J connectivity index is 3.25. The van der Waals surface area contributed by atoms with Crippen molar-refractivity contribution in [2.45, 2.75) is 12.6 Å². The van der Waals surface area contributed by atoms with E-state index in [2.05, 4.69) is 0 Å². The van der Waals surface area contributed by atoms with Crippen molar-refractivity contribution < 1.29 is 18.0 Å². The highest BCUT2D eigenvalue weighted by molar-refractivity contribution is 6.36. The van der Waals surface area contributed by atoms with Gasteiger partial charge in [-0.25, -0.2) is 0 Å². The number of alkyl halides is 3. The molecule has 1 aromatic carbocycles. The van der Waals surface area contributed by atoms with Crippen molar-refractivity contribution in [2.24, 2.45) is 0 Å². The molecule has 0 atom stereocenters. The maximum absolute atomic E-state index is 12.3. The number of hydrogen-bond acceptors (Lipinski definition) is 1. The molecule has 0 fully saturated rings. The maximum atomic E-state index is 12.3. The van der Waals surface area contributed by atoms with Gasteiger partial charge in [0.1, 0.15) is 6.29 Å². The second-order valence-corrected chi connectivity index (χ2v) is 3.60.